The molecule has 2 aromatic carbocycles. The maximum atomic E-state index is 13.6. The van der Waals surface area contributed by atoms with E-state index >= 15 is 0 Å². The number of benzene rings is 2. The van der Waals surface area contributed by atoms with Gasteiger partial charge in [0, 0.05) is 18.0 Å². The second kappa shape index (κ2) is 7.91. The third-order valence-corrected chi connectivity index (χ3v) is 6.24. The lowest BCUT2D eigenvalue weighted by molar-refractivity contribution is 0.815. The molecule has 0 saturated carbocycles. The van der Waals surface area contributed by atoms with Gasteiger partial charge in [-0.05, 0) is 68.5 Å². The van der Waals surface area contributed by atoms with Crippen molar-refractivity contribution in [3.8, 4) is 22.8 Å². The summed E-state index contributed by atoms with van der Waals surface area (Å²) in [7, 11) is 0. The van der Waals surface area contributed by atoms with E-state index in [1.54, 1.807) is 24.0 Å². The molecule has 0 atom stereocenters. The first-order valence-corrected chi connectivity index (χ1v) is 11.0. The molecule has 3 heterocycles. The molecule has 0 unspecified atom stereocenters. The van der Waals surface area contributed by atoms with Crippen LogP contribution in [0.3, 0.4) is 0 Å². The topological polar surface area (TPSA) is 98.5 Å². The Hall–Kier alpha value is -4.33. The molecule has 0 aliphatic carbocycles. The Bertz CT molecular complexity index is 1690. The molecule has 8 nitrogen and oxygen atoms in total. The zero-order chi connectivity index (χ0) is 24.1. The van der Waals surface area contributed by atoms with Crippen LogP contribution in [0, 0.1) is 34.6 Å². The number of fused-ring (bicyclic) bond motifs is 1. The smallest absolute Gasteiger partial charge is 0.303 e. The van der Waals surface area contributed by atoms with Crippen molar-refractivity contribution in [2.24, 2.45) is 0 Å². The Balaban J connectivity index is 1.72. The summed E-state index contributed by atoms with van der Waals surface area (Å²) in [4.78, 5) is 38.0. The molecule has 34 heavy (non-hydrogen) atoms. The largest absolute Gasteiger partial charge is 0.336 e. The molecule has 0 aliphatic rings. The van der Waals surface area contributed by atoms with E-state index in [1.807, 2.05) is 58.0 Å². The zero-order valence-corrected chi connectivity index (χ0v) is 19.7. The van der Waals surface area contributed by atoms with E-state index in [0.29, 0.717) is 11.2 Å². The quantitative estimate of drug-likeness (QED) is 0.448. The second-order valence-electron chi connectivity index (χ2n) is 8.60. The molecule has 5 rings (SSSR count). The van der Waals surface area contributed by atoms with Crippen LogP contribution < -0.4 is 11.2 Å². The highest BCUT2D eigenvalue weighted by Crippen LogP contribution is 2.24. The third kappa shape index (κ3) is 3.35. The number of hydrogen-bond donors (Lipinski definition) is 1. The summed E-state index contributed by atoms with van der Waals surface area (Å²) in [6.45, 7) is 9.80. The number of aromatic nitrogens is 6. The van der Waals surface area contributed by atoms with E-state index in [1.165, 1.54) is 0 Å². The van der Waals surface area contributed by atoms with Crippen LogP contribution >= 0.6 is 0 Å². The predicted molar refractivity (Wildman–Crippen MR) is 132 cm³/mol. The number of aryl methyl sites for hydroxylation is 5. The zero-order valence-electron chi connectivity index (χ0n) is 19.7. The third-order valence-electron chi connectivity index (χ3n) is 6.24. The van der Waals surface area contributed by atoms with Crippen molar-refractivity contribution < 1.29 is 0 Å². The van der Waals surface area contributed by atoms with Crippen LogP contribution in [0.5, 0.6) is 0 Å². The van der Waals surface area contributed by atoms with Gasteiger partial charge in [0.15, 0.2) is 5.52 Å². The summed E-state index contributed by atoms with van der Waals surface area (Å²) >= 11 is 0. The summed E-state index contributed by atoms with van der Waals surface area (Å²) in [6.07, 6.45) is 3.24. The van der Waals surface area contributed by atoms with Crippen molar-refractivity contribution in [3.05, 3.63) is 97.6 Å². The average molecular weight is 453 g/mol. The summed E-state index contributed by atoms with van der Waals surface area (Å²) in [5.41, 5.74) is 6.98. The first-order valence-electron chi connectivity index (χ1n) is 11.0. The number of nitrogens with one attached hydrogen (secondary N) is 1. The van der Waals surface area contributed by atoms with Crippen LogP contribution in [0.1, 0.15) is 27.9 Å². The second-order valence-corrected chi connectivity index (χ2v) is 8.60. The van der Waals surface area contributed by atoms with Crippen LogP contribution in [-0.4, -0.2) is 29.3 Å². The molecular weight excluding hydrogens is 428 g/mol. The standard InChI is InChI=1S/C26H24N6O2/c1-14-8-6-7-9-20(14)19-12-27-25(28-13-19)31-24(33)23-22(29-26(31)34)18(5)30-32(23)21-11-16(3)15(2)10-17(21)4/h6-13H,1-5H3,(H,29,34). The molecule has 0 spiro atoms. The van der Waals surface area contributed by atoms with Gasteiger partial charge < -0.3 is 4.98 Å². The van der Waals surface area contributed by atoms with Crippen LogP contribution in [0.25, 0.3) is 33.8 Å². The molecule has 170 valence electrons. The van der Waals surface area contributed by atoms with Gasteiger partial charge in [0.25, 0.3) is 5.56 Å². The Morgan fingerprint density at radius 1 is 0.824 bits per heavy atom. The maximum Gasteiger partial charge on any atom is 0.336 e. The number of rotatable bonds is 3. The Morgan fingerprint density at radius 3 is 2.21 bits per heavy atom. The van der Waals surface area contributed by atoms with Gasteiger partial charge in [0.1, 0.15) is 0 Å². The molecule has 0 saturated heterocycles. The fourth-order valence-electron chi connectivity index (χ4n) is 4.24. The van der Waals surface area contributed by atoms with Crippen molar-refractivity contribution in [3.63, 3.8) is 0 Å². The van der Waals surface area contributed by atoms with E-state index in [4.69, 9.17) is 0 Å². The van der Waals surface area contributed by atoms with Gasteiger partial charge in [0.05, 0.1) is 16.9 Å². The highest BCUT2D eigenvalue weighted by molar-refractivity contribution is 5.79. The molecule has 5 aromatic rings. The molecule has 0 radical (unpaired) electrons. The van der Waals surface area contributed by atoms with Gasteiger partial charge >= 0.3 is 5.69 Å². The van der Waals surface area contributed by atoms with E-state index in [2.05, 4.69) is 26.1 Å². The van der Waals surface area contributed by atoms with Gasteiger partial charge in [-0.3, -0.25) is 4.79 Å². The maximum absolute atomic E-state index is 13.6. The number of hydrogen-bond acceptors (Lipinski definition) is 5. The molecular formula is C26H24N6O2. The fourth-order valence-corrected chi connectivity index (χ4v) is 4.24. The van der Waals surface area contributed by atoms with E-state index < -0.39 is 11.2 Å². The average Bonchev–Trinajstić information content (AvgIpc) is 3.13. The summed E-state index contributed by atoms with van der Waals surface area (Å²) in [6, 6.07) is 11.9. The highest BCUT2D eigenvalue weighted by atomic mass is 16.2. The summed E-state index contributed by atoms with van der Waals surface area (Å²) in [5.74, 6) is 0.00713. The summed E-state index contributed by atoms with van der Waals surface area (Å²) < 4.78 is 2.56. The molecule has 0 amide bonds. The molecule has 0 bridgehead atoms. The minimum atomic E-state index is -0.611. The van der Waals surface area contributed by atoms with E-state index in [-0.39, 0.29) is 11.5 Å². The number of aromatic amines is 1. The van der Waals surface area contributed by atoms with Gasteiger partial charge in [-0.2, -0.15) is 9.67 Å². The SMILES string of the molecule is Cc1cc(C)c(-n2nc(C)c3[nH]c(=O)n(-c4ncc(-c5ccccc5C)cn4)c(=O)c32)cc1C. The number of nitrogens with zero attached hydrogens (tertiary/aromatic N) is 5. The monoisotopic (exact) mass is 452 g/mol. The fraction of sp³-hybridized carbons (Fsp3) is 0.192. The molecule has 8 heteroatoms. The van der Waals surface area contributed by atoms with Crippen molar-refractivity contribution in [2.75, 3.05) is 0 Å². The lowest BCUT2D eigenvalue weighted by Gasteiger charge is -2.11. The first-order chi connectivity index (χ1) is 16.3. The minimum Gasteiger partial charge on any atom is -0.303 e. The van der Waals surface area contributed by atoms with Crippen LogP contribution in [0.15, 0.2) is 58.4 Å². The first kappa shape index (κ1) is 21.5. The van der Waals surface area contributed by atoms with E-state index in [0.717, 1.165) is 43.6 Å². The Labute approximate surface area is 195 Å². The molecule has 1 N–H and O–H groups in total. The van der Waals surface area contributed by atoms with Gasteiger partial charge in [-0.25, -0.2) is 19.4 Å². The molecule has 0 aliphatic heterocycles. The van der Waals surface area contributed by atoms with Gasteiger partial charge in [-0.1, -0.05) is 30.3 Å². The summed E-state index contributed by atoms with van der Waals surface area (Å²) in [5, 5.41) is 4.58. The van der Waals surface area contributed by atoms with Crippen LogP contribution in [0.2, 0.25) is 0 Å². The van der Waals surface area contributed by atoms with Gasteiger partial charge in [0.2, 0.25) is 5.95 Å². The Kier molecular flexibility index (Phi) is 5.01. The lowest BCUT2D eigenvalue weighted by atomic mass is 10.0. The highest BCUT2D eigenvalue weighted by Gasteiger charge is 2.20. The van der Waals surface area contributed by atoms with Crippen molar-refractivity contribution in [1.29, 1.82) is 0 Å². The minimum absolute atomic E-state index is 0.00713. The van der Waals surface area contributed by atoms with E-state index in [9.17, 15) is 9.59 Å². The van der Waals surface area contributed by atoms with Gasteiger partial charge in [-0.15, -0.1) is 0 Å². The predicted octanol–water partition coefficient (Wildman–Crippen LogP) is 3.86. The van der Waals surface area contributed by atoms with Crippen LogP contribution in [-0.2, 0) is 0 Å². The lowest BCUT2D eigenvalue weighted by Crippen LogP contribution is -2.35. The molecule has 3 aromatic heterocycles. The molecule has 0 fully saturated rings. The van der Waals surface area contributed by atoms with Crippen molar-refractivity contribution in [2.45, 2.75) is 34.6 Å². The van der Waals surface area contributed by atoms with Crippen molar-refractivity contribution in [1.82, 2.24) is 29.3 Å². The van der Waals surface area contributed by atoms with Crippen molar-refractivity contribution >= 4 is 11.0 Å². The van der Waals surface area contributed by atoms with Crippen LogP contribution in [0.4, 0.5) is 0 Å². The normalized spacial score (nSPS) is 11.3. The number of H-pyrrole nitrogens is 1. The Morgan fingerprint density at radius 2 is 1.50 bits per heavy atom.